The Morgan fingerprint density at radius 2 is 1.95 bits per heavy atom. The van der Waals surface area contributed by atoms with Gasteiger partial charge in [0.05, 0.1) is 7.11 Å². The Morgan fingerprint density at radius 1 is 1.16 bits per heavy atom. The normalized spacial score (nSPS) is 10.9. The lowest BCUT2D eigenvalue weighted by Gasteiger charge is -2.16. The predicted molar refractivity (Wildman–Crippen MR) is 80.4 cm³/mol. The van der Waals surface area contributed by atoms with Crippen molar-refractivity contribution in [3.05, 3.63) is 51.7 Å². The number of rotatable bonds is 6. The van der Waals surface area contributed by atoms with E-state index < -0.39 is 0 Å². The highest BCUT2D eigenvalue weighted by Crippen LogP contribution is 2.19. The van der Waals surface area contributed by atoms with Crippen LogP contribution in [0.1, 0.15) is 15.3 Å². The van der Waals surface area contributed by atoms with Gasteiger partial charge in [-0.25, -0.2) is 0 Å². The molecule has 0 unspecified atom stereocenters. The second-order valence-electron chi connectivity index (χ2n) is 4.60. The van der Waals surface area contributed by atoms with Crippen molar-refractivity contribution in [3.8, 4) is 5.75 Å². The maximum Gasteiger partial charge on any atom is 0.119 e. The zero-order valence-electron chi connectivity index (χ0n) is 11.4. The fourth-order valence-corrected chi connectivity index (χ4v) is 3.00. The van der Waals surface area contributed by atoms with Crippen LogP contribution in [0, 0.1) is 0 Å². The molecule has 3 nitrogen and oxygen atoms in total. The van der Waals surface area contributed by atoms with Gasteiger partial charge < -0.3 is 10.5 Å². The molecular formula is C15H20N2OS. The third-order valence-electron chi connectivity index (χ3n) is 2.93. The van der Waals surface area contributed by atoms with Crippen LogP contribution in [0.5, 0.6) is 5.75 Å². The summed E-state index contributed by atoms with van der Waals surface area (Å²) in [5.74, 6) is 0.910. The minimum atomic E-state index is 0.629. The number of ether oxygens (including phenoxy) is 1. The average Bonchev–Trinajstić information content (AvgIpc) is 2.86. The molecule has 0 saturated carbocycles. The Kier molecular flexibility index (Phi) is 4.96. The van der Waals surface area contributed by atoms with E-state index in [9.17, 15) is 0 Å². The quantitative estimate of drug-likeness (QED) is 0.881. The minimum absolute atomic E-state index is 0.629. The van der Waals surface area contributed by atoms with Crippen molar-refractivity contribution in [2.75, 3.05) is 14.2 Å². The number of nitrogens with zero attached hydrogens (tertiary/aromatic N) is 1. The zero-order chi connectivity index (χ0) is 13.7. The van der Waals surface area contributed by atoms with Crippen molar-refractivity contribution >= 4 is 11.3 Å². The van der Waals surface area contributed by atoms with Gasteiger partial charge in [-0.2, -0.15) is 0 Å². The SMILES string of the molecule is COc1cccc(CN(C)Cc2ccc(CN)s2)c1. The van der Waals surface area contributed by atoms with E-state index in [0.29, 0.717) is 6.54 Å². The first-order valence-corrected chi connectivity index (χ1v) is 7.12. The molecule has 0 fully saturated rings. The molecule has 4 heteroatoms. The second-order valence-corrected chi connectivity index (χ2v) is 5.85. The van der Waals surface area contributed by atoms with Crippen LogP contribution in [-0.2, 0) is 19.6 Å². The Morgan fingerprint density at radius 3 is 2.63 bits per heavy atom. The van der Waals surface area contributed by atoms with Crippen LogP contribution >= 0.6 is 11.3 Å². The Labute approximate surface area is 118 Å². The van der Waals surface area contributed by atoms with Crippen molar-refractivity contribution in [1.82, 2.24) is 4.90 Å². The first-order valence-electron chi connectivity index (χ1n) is 6.30. The number of methoxy groups -OCH3 is 1. The summed E-state index contributed by atoms with van der Waals surface area (Å²) in [7, 11) is 3.82. The minimum Gasteiger partial charge on any atom is -0.497 e. The second kappa shape index (κ2) is 6.70. The van der Waals surface area contributed by atoms with Gasteiger partial charge in [0.2, 0.25) is 0 Å². The molecule has 0 saturated heterocycles. The smallest absolute Gasteiger partial charge is 0.119 e. The molecule has 1 aromatic heterocycles. The first kappa shape index (κ1) is 14.1. The molecule has 0 aliphatic heterocycles. The van der Waals surface area contributed by atoms with Crippen molar-refractivity contribution < 1.29 is 4.74 Å². The molecule has 0 aliphatic rings. The molecule has 1 aromatic carbocycles. The van der Waals surface area contributed by atoms with Crippen LogP contribution < -0.4 is 10.5 Å². The Bertz CT molecular complexity index is 524. The molecular weight excluding hydrogens is 256 g/mol. The van der Waals surface area contributed by atoms with Crippen molar-refractivity contribution in [2.24, 2.45) is 5.73 Å². The lowest BCUT2D eigenvalue weighted by molar-refractivity contribution is 0.321. The molecule has 2 aromatic rings. The van der Waals surface area contributed by atoms with E-state index in [2.05, 4.69) is 36.2 Å². The highest BCUT2D eigenvalue weighted by Gasteiger charge is 2.05. The molecule has 19 heavy (non-hydrogen) atoms. The average molecular weight is 276 g/mol. The van der Waals surface area contributed by atoms with Crippen molar-refractivity contribution in [1.29, 1.82) is 0 Å². The fourth-order valence-electron chi connectivity index (χ4n) is 2.02. The van der Waals surface area contributed by atoms with Gasteiger partial charge >= 0.3 is 0 Å². The molecule has 0 spiro atoms. The molecule has 1 heterocycles. The molecule has 0 bridgehead atoms. The van der Waals surface area contributed by atoms with Crippen molar-refractivity contribution in [2.45, 2.75) is 19.6 Å². The molecule has 0 aliphatic carbocycles. The maximum atomic E-state index is 5.63. The lowest BCUT2D eigenvalue weighted by atomic mass is 10.2. The fraction of sp³-hybridized carbons (Fsp3) is 0.333. The summed E-state index contributed by atoms with van der Waals surface area (Å²) in [4.78, 5) is 4.89. The number of hydrogen-bond donors (Lipinski definition) is 1. The predicted octanol–water partition coefficient (Wildman–Crippen LogP) is 2.85. The van der Waals surface area contributed by atoms with E-state index in [-0.39, 0.29) is 0 Å². The summed E-state index contributed by atoms with van der Waals surface area (Å²) >= 11 is 1.79. The highest BCUT2D eigenvalue weighted by molar-refractivity contribution is 7.11. The van der Waals surface area contributed by atoms with E-state index in [4.69, 9.17) is 10.5 Å². The monoisotopic (exact) mass is 276 g/mol. The Balaban J connectivity index is 1.94. The third kappa shape index (κ3) is 4.06. The third-order valence-corrected chi connectivity index (χ3v) is 4.02. The highest BCUT2D eigenvalue weighted by atomic mass is 32.1. The lowest BCUT2D eigenvalue weighted by Crippen LogP contribution is -2.16. The summed E-state index contributed by atoms with van der Waals surface area (Å²) < 4.78 is 5.24. The largest absolute Gasteiger partial charge is 0.497 e. The van der Waals surface area contributed by atoms with Crippen LogP contribution in [0.4, 0.5) is 0 Å². The van der Waals surface area contributed by atoms with Gasteiger partial charge in [0.1, 0.15) is 5.75 Å². The molecule has 0 radical (unpaired) electrons. The molecule has 0 amide bonds. The number of hydrogen-bond acceptors (Lipinski definition) is 4. The molecule has 2 rings (SSSR count). The Hall–Kier alpha value is -1.36. The van der Waals surface area contributed by atoms with Crippen LogP contribution in [0.15, 0.2) is 36.4 Å². The van der Waals surface area contributed by atoms with E-state index >= 15 is 0 Å². The van der Waals surface area contributed by atoms with Crippen LogP contribution in [-0.4, -0.2) is 19.1 Å². The van der Waals surface area contributed by atoms with Gasteiger partial charge in [-0.15, -0.1) is 11.3 Å². The van der Waals surface area contributed by atoms with Gasteiger partial charge in [0, 0.05) is 29.4 Å². The summed E-state index contributed by atoms with van der Waals surface area (Å²) in [5, 5.41) is 0. The summed E-state index contributed by atoms with van der Waals surface area (Å²) in [6, 6.07) is 12.5. The maximum absolute atomic E-state index is 5.63. The standard InChI is InChI=1S/C15H20N2OS/c1-17(11-15-7-6-14(9-16)19-15)10-12-4-3-5-13(8-12)18-2/h3-8H,9-11,16H2,1-2H3. The van der Waals surface area contributed by atoms with Crippen molar-refractivity contribution in [3.63, 3.8) is 0 Å². The molecule has 2 N–H and O–H groups in total. The van der Waals surface area contributed by atoms with Gasteiger partial charge in [-0.3, -0.25) is 4.90 Å². The number of thiophene rings is 1. The van der Waals surface area contributed by atoms with E-state index in [0.717, 1.165) is 18.8 Å². The summed E-state index contributed by atoms with van der Waals surface area (Å²) in [6.45, 7) is 2.49. The van der Waals surface area contributed by atoms with Gasteiger partial charge in [0.25, 0.3) is 0 Å². The van der Waals surface area contributed by atoms with Crippen LogP contribution in [0.2, 0.25) is 0 Å². The molecule has 102 valence electrons. The number of nitrogens with two attached hydrogens (primary N) is 1. The van der Waals surface area contributed by atoms with E-state index in [1.54, 1.807) is 18.4 Å². The van der Waals surface area contributed by atoms with Gasteiger partial charge in [0.15, 0.2) is 0 Å². The summed E-state index contributed by atoms with van der Waals surface area (Å²) in [6.07, 6.45) is 0. The molecule has 0 atom stereocenters. The summed E-state index contributed by atoms with van der Waals surface area (Å²) in [5.41, 5.74) is 6.89. The van der Waals surface area contributed by atoms with Gasteiger partial charge in [-0.05, 0) is 36.9 Å². The number of benzene rings is 1. The first-order chi connectivity index (χ1) is 9.21. The van der Waals surface area contributed by atoms with E-state index in [1.165, 1.54) is 15.3 Å². The van der Waals surface area contributed by atoms with Gasteiger partial charge in [-0.1, -0.05) is 12.1 Å². The topological polar surface area (TPSA) is 38.5 Å². The zero-order valence-corrected chi connectivity index (χ0v) is 12.2. The van der Waals surface area contributed by atoms with E-state index in [1.807, 2.05) is 12.1 Å². The van der Waals surface area contributed by atoms with Crippen LogP contribution in [0.3, 0.4) is 0 Å². The van der Waals surface area contributed by atoms with Crippen LogP contribution in [0.25, 0.3) is 0 Å².